The molecule has 0 heterocycles. The Balaban J connectivity index is 2.11. The standard InChI is InChI=1S/C13H23N3O/c1-11(12-6-3-2-4-7-12)16-10-13(17)15-9-5-8-14/h11-12,16H,2-7,9-10H2,1H3,(H,15,17)/t11-/m1/s1. The summed E-state index contributed by atoms with van der Waals surface area (Å²) in [5.74, 6) is 0.707. The minimum atomic E-state index is -0.0112. The highest BCUT2D eigenvalue weighted by Crippen LogP contribution is 2.26. The predicted molar refractivity (Wildman–Crippen MR) is 67.3 cm³/mol. The van der Waals surface area contributed by atoms with E-state index in [1.165, 1.54) is 32.1 Å². The molecule has 0 saturated heterocycles. The number of nitrogens with zero attached hydrogens (tertiary/aromatic N) is 1. The van der Waals surface area contributed by atoms with Crippen molar-refractivity contribution in [3.63, 3.8) is 0 Å². The van der Waals surface area contributed by atoms with Crippen LogP contribution in [0.15, 0.2) is 0 Å². The molecule has 1 amide bonds. The normalized spacial score (nSPS) is 18.4. The van der Waals surface area contributed by atoms with E-state index < -0.39 is 0 Å². The van der Waals surface area contributed by atoms with Crippen LogP contribution in [0.3, 0.4) is 0 Å². The molecule has 0 spiro atoms. The SMILES string of the molecule is C[C@@H](NCC(=O)NCCC#N)C1CCCCC1. The van der Waals surface area contributed by atoms with Crippen molar-refractivity contribution in [2.24, 2.45) is 5.92 Å². The van der Waals surface area contributed by atoms with Crippen LogP contribution in [-0.4, -0.2) is 25.0 Å². The van der Waals surface area contributed by atoms with Crippen molar-refractivity contribution in [3.8, 4) is 6.07 Å². The summed E-state index contributed by atoms with van der Waals surface area (Å²) in [6, 6.07) is 2.42. The number of amides is 1. The summed E-state index contributed by atoms with van der Waals surface area (Å²) in [4.78, 5) is 11.4. The summed E-state index contributed by atoms with van der Waals surface area (Å²) >= 11 is 0. The van der Waals surface area contributed by atoms with Gasteiger partial charge < -0.3 is 10.6 Å². The maximum atomic E-state index is 11.4. The second kappa shape index (κ2) is 8.08. The molecule has 1 atom stereocenters. The van der Waals surface area contributed by atoms with Gasteiger partial charge in [-0.2, -0.15) is 5.26 Å². The Labute approximate surface area is 104 Å². The first-order chi connectivity index (χ1) is 8.24. The maximum absolute atomic E-state index is 11.4. The van der Waals surface area contributed by atoms with Gasteiger partial charge in [0.2, 0.25) is 5.91 Å². The van der Waals surface area contributed by atoms with Gasteiger partial charge in [0.1, 0.15) is 0 Å². The smallest absolute Gasteiger partial charge is 0.233 e. The topological polar surface area (TPSA) is 64.9 Å². The van der Waals surface area contributed by atoms with Gasteiger partial charge in [0.05, 0.1) is 19.0 Å². The van der Waals surface area contributed by atoms with Crippen molar-refractivity contribution in [3.05, 3.63) is 0 Å². The van der Waals surface area contributed by atoms with Gasteiger partial charge in [-0.3, -0.25) is 4.79 Å². The summed E-state index contributed by atoms with van der Waals surface area (Å²) in [6.07, 6.45) is 6.95. The Kier molecular flexibility index (Phi) is 6.64. The quantitative estimate of drug-likeness (QED) is 0.689. The van der Waals surface area contributed by atoms with Gasteiger partial charge in [0.15, 0.2) is 0 Å². The maximum Gasteiger partial charge on any atom is 0.233 e. The second-order valence-electron chi connectivity index (χ2n) is 4.83. The summed E-state index contributed by atoms with van der Waals surface area (Å²) in [5, 5.41) is 14.4. The first-order valence-corrected chi connectivity index (χ1v) is 6.61. The van der Waals surface area contributed by atoms with Crippen molar-refractivity contribution < 1.29 is 4.79 Å². The zero-order valence-corrected chi connectivity index (χ0v) is 10.7. The Bertz CT molecular complexity index is 266. The highest BCUT2D eigenvalue weighted by Gasteiger charge is 2.19. The molecule has 0 aromatic heterocycles. The fourth-order valence-corrected chi connectivity index (χ4v) is 2.37. The van der Waals surface area contributed by atoms with Gasteiger partial charge in [-0.25, -0.2) is 0 Å². The van der Waals surface area contributed by atoms with Gasteiger partial charge in [0.25, 0.3) is 0 Å². The predicted octanol–water partition coefficient (Wildman–Crippen LogP) is 1.57. The zero-order valence-electron chi connectivity index (χ0n) is 10.7. The number of nitrogens with one attached hydrogen (secondary N) is 2. The average Bonchev–Trinajstić information content (AvgIpc) is 2.37. The lowest BCUT2D eigenvalue weighted by Crippen LogP contribution is -2.41. The molecule has 2 N–H and O–H groups in total. The fraction of sp³-hybridized carbons (Fsp3) is 0.846. The number of nitriles is 1. The largest absolute Gasteiger partial charge is 0.354 e. The molecular formula is C13H23N3O. The molecule has 4 heteroatoms. The molecule has 0 aliphatic heterocycles. The molecule has 96 valence electrons. The lowest BCUT2D eigenvalue weighted by molar-refractivity contribution is -0.120. The lowest BCUT2D eigenvalue weighted by atomic mass is 9.84. The van der Waals surface area contributed by atoms with Crippen molar-refractivity contribution in [1.82, 2.24) is 10.6 Å². The summed E-state index contributed by atoms with van der Waals surface area (Å²) in [7, 11) is 0. The molecule has 0 radical (unpaired) electrons. The van der Waals surface area contributed by atoms with Crippen molar-refractivity contribution in [2.75, 3.05) is 13.1 Å². The molecule has 1 aliphatic rings. The fourth-order valence-electron chi connectivity index (χ4n) is 2.37. The molecule has 0 bridgehead atoms. The Morgan fingerprint density at radius 2 is 2.12 bits per heavy atom. The van der Waals surface area contributed by atoms with Crippen LogP contribution in [0.5, 0.6) is 0 Å². The molecule has 1 aliphatic carbocycles. The number of hydrogen-bond acceptors (Lipinski definition) is 3. The average molecular weight is 237 g/mol. The Morgan fingerprint density at radius 3 is 2.76 bits per heavy atom. The summed E-state index contributed by atoms with van der Waals surface area (Å²) < 4.78 is 0. The highest BCUT2D eigenvalue weighted by molar-refractivity contribution is 5.77. The van der Waals surface area contributed by atoms with E-state index in [-0.39, 0.29) is 5.91 Å². The third kappa shape index (κ3) is 5.69. The molecule has 17 heavy (non-hydrogen) atoms. The van der Waals surface area contributed by atoms with E-state index in [4.69, 9.17) is 5.26 Å². The van der Waals surface area contributed by atoms with Crippen molar-refractivity contribution in [1.29, 1.82) is 5.26 Å². The third-order valence-electron chi connectivity index (χ3n) is 3.50. The van der Waals surface area contributed by atoms with Crippen LogP contribution in [0.2, 0.25) is 0 Å². The molecule has 0 unspecified atom stereocenters. The Morgan fingerprint density at radius 1 is 1.41 bits per heavy atom. The lowest BCUT2D eigenvalue weighted by Gasteiger charge is -2.28. The van der Waals surface area contributed by atoms with E-state index in [0.717, 1.165) is 5.92 Å². The van der Waals surface area contributed by atoms with Crippen LogP contribution in [0.1, 0.15) is 45.4 Å². The molecule has 4 nitrogen and oxygen atoms in total. The van der Waals surface area contributed by atoms with E-state index in [9.17, 15) is 4.79 Å². The first kappa shape index (κ1) is 14.0. The van der Waals surface area contributed by atoms with E-state index in [1.807, 2.05) is 6.07 Å². The molecule has 1 saturated carbocycles. The van der Waals surface area contributed by atoms with Crippen LogP contribution in [-0.2, 0) is 4.79 Å². The van der Waals surface area contributed by atoms with E-state index in [0.29, 0.717) is 25.6 Å². The van der Waals surface area contributed by atoms with E-state index in [1.54, 1.807) is 0 Å². The molecule has 1 fully saturated rings. The zero-order chi connectivity index (χ0) is 12.5. The third-order valence-corrected chi connectivity index (χ3v) is 3.50. The number of carbonyl (C=O) groups excluding carboxylic acids is 1. The van der Waals surface area contributed by atoms with Gasteiger partial charge in [-0.05, 0) is 25.7 Å². The van der Waals surface area contributed by atoms with Crippen LogP contribution < -0.4 is 10.6 Å². The minimum Gasteiger partial charge on any atom is -0.354 e. The number of hydrogen-bond donors (Lipinski definition) is 2. The molecule has 0 aromatic rings. The van der Waals surface area contributed by atoms with Crippen molar-refractivity contribution >= 4 is 5.91 Å². The van der Waals surface area contributed by atoms with Crippen LogP contribution >= 0.6 is 0 Å². The number of carbonyl (C=O) groups is 1. The van der Waals surface area contributed by atoms with E-state index >= 15 is 0 Å². The molecule has 1 rings (SSSR count). The summed E-state index contributed by atoms with van der Waals surface area (Å²) in [5.41, 5.74) is 0. The highest BCUT2D eigenvalue weighted by atomic mass is 16.1. The monoisotopic (exact) mass is 237 g/mol. The van der Waals surface area contributed by atoms with Crippen molar-refractivity contribution in [2.45, 2.75) is 51.5 Å². The van der Waals surface area contributed by atoms with Gasteiger partial charge >= 0.3 is 0 Å². The Hall–Kier alpha value is -1.08. The van der Waals surface area contributed by atoms with Crippen LogP contribution in [0, 0.1) is 17.2 Å². The van der Waals surface area contributed by atoms with Crippen LogP contribution in [0.25, 0.3) is 0 Å². The van der Waals surface area contributed by atoms with Gasteiger partial charge in [0, 0.05) is 12.6 Å². The van der Waals surface area contributed by atoms with Gasteiger partial charge in [-0.15, -0.1) is 0 Å². The number of rotatable bonds is 6. The van der Waals surface area contributed by atoms with E-state index in [2.05, 4.69) is 17.6 Å². The first-order valence-electron chi connectivity index (χ1n) is 6.61. The molecule has 0 aromatic carbocycles. The van der Waals surface area contributed by atoms with Gasteiger partial charge in [-0.1, -0.05) is 19.3 Å². The molecular weight excluding hydrogens is 214 g/mol. The summed E-state index contributed by atoms with van der Waals surface area (Å²) in [6.45, 7) is 2.98. The minimum absolute atomic E-state index is 0.0112. The van der Waals surface area contributed by atoms with Crippen LogP contribution in [0.4, 0.5) is 0 Å². The second-order valence-corrected chi connectivity index (χ2v) is 4.83.